The molecule has 1 saturated carbocycles. The van der Waals surface area contributed by atoms with Gasteiger partial charge in [0.1, 0.15) is 6.10 Å². The van der Waals surface area contributed by atoms with Crippen LogP contribution < -0.4 is 10.1 Å². The second-order valence-corrected chi connectivity index (χ2v) is 11.4. The molecule has 8 heteroatoms. The van der Waals surface area contributed by atoms with Crippen LogP contribution in [0.4, 0.5) is 0 Å². The van der Waals surface area contributed by atoms with Crippen molar-refractivity contribution in [3.8, 4) is 11.5 Å². The second kappa shape index (κ2) is 11.6. The number of hydrogen-bond donors (Lipinski definition) is 2. The third-order valence-corrected chi connectivity index (χ3v) is 8.44. The van der Waals surface area contributed by atoms with Crippen molar-refractivity contribution in [2.24, 2.45) is 0 Å². The fraction of sp³-hybridized carbons (Fsp3) is 0.419. The fourth-order valence-electron chi connectivity index (χ4n) is 6.04. The predicted molar refractivity (Wildman–Crippen MR) is 151 cm³/mol. The Labute approximate surface area is 239 Å². The number of ether oxygens (including phenoxy) is 2. The number of phenols is 1. The third-order valence-electron chi connectivity index (χ3n) is 7.90. The molecule has 206 valence electrons. The Balaban J connectivity index is 1.58. The van der Waals surface area contributed by atoms with Gasteiger partial charge in [-0.25, -0.2) is 4.79 Å². The van der Waals surface area contributed by atoms with Crippen molar-refractivity contribution < 1.29 is 24.2 Å². The molecule has 0 radical (unpaired) electrons. The van der Waals surface area contributed by atoms with Gasteiger partial charge in [-0.05, 0) is 87.3 Å². The number of benzene rings is 2. The van der Waals surface area contributed by atoms with Gasteiger partial charge in [0.2, 0.25) is 0 Å². The summed E-state index contributed by atoms with van der Waals surface area (Å²) in [6.07, 6.45) is 5.65. The van der Waals surface area contributed by atoms with E-state index in [9.17, 15) is 14.7 Å². The Bertz CT molecular complexity index is 1340. The molecular formula is C31H33Cl2NO5. The number of ketones is 1. The summed E-state index contributed by atoms with van der Waals surface area (Å²) in [6.45, 7) is 3.97. The standard InChI is InChI=1S/C31H33Cl2NO5/c1-3-38-26-16-20(13-23(33)30(26)36)28-27(31(37)39-22-7-5-4-6-8-22)17(2)34-24-14-19(15-25(35)29(24)28)18-9-11-21(32)12-10-18/h9-13,16,19,22,28,34,36H,3-8,14-15H2,1-2H3/t19-,28-/m1/s1. The highest BCUT2D eigenvalue weighted by Gasteiger charge is 2.42. The van der Waals surface area contributed by atoms with Gasteiger partial charge in [0.05, 0.1) is 17.2 Å². The lowest BCUT2D eigenvalue weighted by molar-refractivity contribution is -0.146. The van der Waals surface area contributed by atoms with Crippen LogP contribution in [0.2, 0.25) is 10.0 Å². The summed E-state index contributed by atoms with van der Waals surface area (Å²) < 4.78 is 11.7. The van der Waals surface area contributed by atoms with Gasteiger partial charge in [-0.2, -0.15) is 0 Å². The van der Waals surface area contributed by atoms with E-state index in [2.05, 4.69) is 5.32 Å². The summed E-state index contributed by atoms with van der Waals surface area (Å²) in [5.74, 6) is -1.17. The van der Waals surface area contributed by atoms with Crippen LogP contribution in [-0.4, -0.2) is 29.6 Å². The molecule has 1 aliphatic heterocycles. The molecule has 0 unspecified atom stereocenters. The lowest BCUT2D eigenvalue weighted by Crippen LogP contribution is -2.37. The predicted octanol–water partition coefficient (Wildman–Crippen LogP) is 7.34. The average molecular weight is 571 g/mol. The van der Waals surface area contributed by atoms with Gasteiger partial charge < -0.3 is 19.9 Å². The number of halogens is 2. The van der Waals surface area contributed by atoms with Gasteiger partial charge in [0.25, 0.3) is 0 Å². The first-order valence-electron chi connectivity index (χ1n) is 13.6. The van der Waals surface area contributed by atoms with Crippen LogP contribution in [0.15, 0.2) is 58.9 Å². The van der Waals surface area contributed by atoms with Crippen LogP contribution in [0.25, 0.3) is 0 Å². The first-order chi connectivity index (χ1) is 18.8. The van der Waals surface area contributed by atoms with Gasteiger partial charge in [-0.1, -0.05) is 41.8 Å². The normalized spacial score (nSPS) is 21.9. The molecule has 2 aliphatic carbocycles. The largest absolute Gasteiger partial charge is 0.503 e. The number of rotatable bonds is 6. The number of Topliss-reactive ketones (excluding diaryl/α,β-unsaturated/α-hetero) is 1. The number of esters is 1. The zero-order valence-electron chi connectivity index (χ0n) is 22.2. The molecule has 0 saturated heterocycles. The summed E-state index contributed by atoms with van der Waals surface area (Å²) in [6, 6.07) is 10.9. The summed E-state index contributed by atoms with van der Waals surface area (Å²) in [5, 5.41) is 14.6. The summed E-state index contributed by atoms with van der Waals surface area (Å²) >= 11 is 12.5. The number of allylic oxidation sites excluding steroid dienone is 3. The maximum atomic E-state index is 13.9. The van der Waals surface area contributed by atoms with E-state index < -0.39 is 11.9 Å². The van der Waals surface area contributed by atoms with Crippen molar-refractivity contribution in [3.63, 3.8) is 0 Å². The van der Waals surface area contributed by atoms with Gasteiger partial charge >= 0.3 is 5.97 Å². The molecule has 0 bridgehead atoms. The molecule has 2 atom stereocenters. The van der Waals surface area contributed by atoms with Crippen LogP contribution in [0.1, 0.15) is 81.8 Å². The molecule has 3 aliphatic rings. The molecule has 0 aromatic heterocycles. The topological polar surface area (TPSA) is 84.9 Å². The Hall–Kier alpha value is -2.96. The van der Waals surface area contributed by atoms with Crippen molar-refractivity contribution in [2.45, 2.75) is 76.7 Å². The summed E-state index contributed by atoms with van der Waals surface area (Å²) in [5.41, 5.74) is 3.99. The molecule has 6 nitrogen and oxygen atoms in total. The molecule has 2 aromatic carbocycles. The van der Waals surface area contributed by atoms with Gasteiger partial charge in [-0.3, -0.25) is 4.79 Å². The zero-order chi connectivity index (χ0) is 27.7. The number of carbonyl (C=O) groups is 2. The monoisotopic (exact) mass is 569 g/mol. The zero-order valence-corrected chi connectivity index (χ0v) is 23.7. The van der Waals surface area contributed by atoms with E-state index in [-0.39, 0.29) is 34.3 Å². The van der Waals surface area contributed by atoms with Gasteiger partial charge in [-0.15, -0.1) is 0 Å². The number of phenolic OH excluding ortho intramolecular Hbond substituents is 1. The Morgan fingerprint density at radius 2 is 1.77 bits per heavy atom. The second-order valence-electron chi connectivity index (χ2n) is 10.5. The quantitative estimate of drug-likeness (QED) is 0.354. The minimum Gasteiger partial charge on any atom is -0.503 e. The van der Waals surface area contributed by atoms with E-state index in [1.54, 1.807) is 12.1 Å². The summed E-state index contributed by atoms with van der Waals surface area (Å²) in [4.78, 5) is 27.6. The van der Waals surface area contributed by atoms with Crippen molar-refractivity contribution in [3.05, 3.63) is 80.1 Å². The van der Waals surface area contributed by atoms with Crippen LogP contribution >= 0.6 is 23.2 Å². The number of carbonyl (C=O) groups excluding carboxylic acids is 2. The molecule has 1 heterocycles. The third kappa shape index (κ3) is 5.68. The Morgan fingerprint density at radius 3 is 2.46 bits per heavy atom. The minimum absolute atomic E-state index is 0.0207. The lowest BCUT2D eigenvalue weighted by Gasteiger charge is -2.37. The van der Waals surface area contributed by atoms with Crippen molar-refractivity contribution in [1.82, 2.24) is 5.32 Å². The maximum Gasteiger partial charge on any atom is 0.337 e. The maximum absolute atomic E-state index is 13.9. The highest BCUT2D eigenvalue weighted by atomic mass is 35.5. The SMILES string of the molecule is CCOc1cc([C@@H]2C(C(=O)OC3CCCCC3)=C(C)NC3=C2C(=O)C[C@H](c2ccc(Cl)cc2)C3)cc(Cl)c1O. The first kappa shape index (κ1) is 27.6. The highest BCUT2D eigenvalue weighted by molar-refractivity contribution is 6.32. The van der Waals surface area contributed by atoms with E-state index in [1.165, 1.54) is 0 Å². The highest BCUT2D eigenvalue weighted by Crippen LogP contribution is 2.48. The van der Waals surface area contributed by atoms with Gasteiger partial charge in [0.15, 0.2) is 17.3 Å². The number of aromatic hydroxyl groups is 1. The lowest BCUT2D eigenvalue weighted by atomic mass is 9.71. The Kier molecular flexibility index (Phi) is 8.24. The van der Waals surface area contributed by atoms with E-state index >= 15 is 0 Å². The number of nitrogens with one attached hydrogen (secondary N) is 1. The molecule has 5 rings (SSSR count). The molecule has 0 amide bonds. The van der Waals surface area contributed by atoms with Crippen molar-refractivity contribution in [2.75, 3.05) is 6.61 Å². The minimum atomic E-state index is -0.701. The number of hydrogen-bond acceptors (Lipinski definition) is 6. The molecule has 1 fully saturated rings. The average Bonchev–Trinajstić information content (AvgIpc) is 2.91. The molecule has 0 spiro atoms. The molecular weight excluding hydrogens is 537 g/mol. The van der Waals surface area contributed by atoms with E-state index in [4.69, 9.17) is 32.7 Å². The van der Waals surface area contributed by atoms with E-state index in [1.807, 2.05) is 38.1 Å². The summed E-state index contributed by atoms with van der Waals surface area (Å²) in [7, 11) is 0. The van der Waals surface area contributed by atoms with Crippen LogP contribution in [0.5, 0.6) is 11.5 Å². The fourth-order valence-corrected chi connectivity index (χ4v) is 6.38. The first-order valence-corrected chi connectivity index (χ1v) is 14.4. The van der Waals surface area contributed by atoms with Crippen molar-refractivity contribution in [1.29, 1.82) is 0 Å². The van der Waals surface area contributed by atoms with E-state index in [0.717, 1.165) is 43.4 Å². The van der Waals surface area contributed by atoms with E-state index in [0.29, 0.717) is 46.9 Å². The molecule has 2 aromatic rings. The van der Waals surface area contributed by atoms with Crippen LogP contribution in [-0.2, 0) is 14.3 Å². The molecule has 39 heavy (non-hydrogen) atoms. The van der Waals surface area contributed by atoms with Crippen LogP contribution in [0, 0.1) is 0 Å². The Morgan fingerprint density at radius 1 is 1.05 bits per heavy atom. The van der Waals surface area contributed by atoms with Crippen molar-refractivity contribution >= 4 is 35.0 Å². The van der Waals surface area contributed by atoms with Gasteiger partial charge in [0, 0.05) is 34.3 Å². The number of dihydropyridines is 1. The smallest absolute Gasteiger partial charge is 0.337 e. The molecule has 2 N–H and O–H groups in total. The van der Waals surface area contributed by atoms with Crippen LogP contribution in [0.3, 0.4) is 0 Å².